The highest BCUT2D eigenvalue weighted by Crippen LogP contribution is 2.36. The van der Waals surface area contributed by atoms with E-state index in [-0.39, 0.29) is 11.1 Å². The van der Waals surface area contributed by atoms with Crippen LogP contribution in [0, 0.1) is 23.4 Å². The number of ether oxygens (including phenoxy) is 1. The Bertz CT molecular complexity index is 764. The predicted molar refractivity (Wildman–Crippen MR) is 97.5 cm³/mol. The number of hydrogen-bond donors (Lipinski definition) is 0. The largest absolute Gasteiger partial charge is 0.373 e. The number of benzene rings is 2. The SMILES string of the molecule is CCCC1CCC(c2ccc(-c3ccc(CC)c(F)c3)c(F)c2F)OC1. The Hall–Kier alpha value is -1.81. The number of hydrogen-bond acceptors (Lipinski definition) is 1. The molecular weight excluding hydrogens is 337 g/mol. The van der Waals surface area contributed by atoms with Gasteiger partial charge >= 0.3 is 0 Å². The molecule has 1 nitrogen and oxygen atoms in total. The second kappa shape index (κ2) is 8.26. The number of rotatable bonds is 5. The van der Waals surface area contributed by atoms with Crippen LogP contribution in [0.4, 0.5) is 13.2 Å². The van der Waals surface area contributed by atoms with Crippen molar-refractivity contribution in [1.82, 2.24) is 0 Å². The lowest BCUT2D eigenvalue weighted by Gasteiger charge is -2.29. The molecular formula is C22H25F3O. The molecule has 2 aromatic carbocycles. The molecule has 1 heterocycles. The molecule has 1 aliphatic heterocycles. The van der Waals surface area contributed by atoms with Crippen LogP contribution >= 0.6 is 0 Å². The third-order valence-corrected chi connectivity index (χ3v) is 5.27. The minimum atomic E-state index is -0.939. The van der Waals surface area contributed by atoms with Gasteiger partial charge in [0.05, 0.1) is 12.7 Å². The molecule has 0 N–H and O–H groups in total. The molecule has 1 aliphatic rings. The summed E-state index contributed by atoms with van der Waals surface area (Å²) >= 11 is 0. The van der Waals surface area contributed by atoms with E-state index in [1.807, 2.05) is 6.92 Å². The van der Waals surface area contributed by atoms with E-state index >= 15 is 0 Å². The molecule has 0 bridgehead atoms. The fourth-order valence-electron chi connectivity index (χ4n) is 3.72. The van der Waals surface area contributed by atoms with Gasteiger partial charge < -0.3 is 4.74 Å². The molecule has 1 saturated heterocycles. The van der Waals surface area contributed by atoms with E-state index < -0.39 is 23.6 Å². The summed E-state index contributed by atoms with van der Waals surface area (Å²) in [4.78, 5) is 0. The van der Waals surface area contributed by atoms with Crippen molar-refractivity contribution in [2.45, 2.75) is 52.1 Å². The van der Waals surface area contributed by atoms with Gasteiger partial charge in [0, 0.05) is 11.1 Å². The van der Waals surface area contributed by atoms with E-state index in [1.165, 1.54) is 12.1 Å². The Morgan fingerprint density at radius 1 is 1.00 bits per heavy atom. The van der Waals surface area contributed by atoms with Gasteiger partial charge in [-0.1, -0.05) is 44.5 Å². The van der Waals surface area contributed by atoms with Crippen LogP contribution in [0.2, 0.25) is 0 Å². The quantitative estimate of drug-likeness (QED) is 0.582. The molecule has 1 fully saturated rings. The highest BCUT2D eigenvalue weighted by atomic mass is 19.2. The first-order chi connectivity index (χ1) is 12.5. The molecule has 0 amide bonds. The van der Waals surface area contributed by atoms with Gasteiger partial charge in [-0.3, -0.25) is 0 Å². The smallest absolute Gasteiger partial charge is 0.167 e. The lowest BCUT2D eigenvalue weighted by molar-refractivity contribution is -0.0214. The molecule has 4 heteroatoms. The first kappa shape index (κ1) is 19.0. The van der Waals surface area contributed by atoms with Gasteiger partial charge in [0.25, 0.3) is 0 Å². The van der Waals surface area contributed by atoms with Crippen molar-refractivity contribution in [1.29, 1.82) is 0 Å². The van der Waals surface area contributed by atoms with Crippen molar-refractivity contribution in [2.24, 2.45) is 5.92 Å². The van der Waals surface area contributed by atoms with Crippen molar-refractivity contribution in [2.75, 3.05) is 6.61 Å². The molecule has 0 aromatic heterocycles. The fourth-order valence-corrected chi connectivity index (χ4v) is 3.72. The van der Waals surface area contributed by atoms with Crippen LogP contribution in [0.3, 0.4) is 0 Å². The second-order valence-corrected chi connectivity index (χ2v) is 7.04. The third kappa shape index (κ3) is 3.80. The van der Waals surface area contributed by atoms with Crippen LogP contribution in [-0.2, 0) is 11.2 Å². The Labute approximate surface area is 153 Å². The minimum Gasteiger partial charge on any atom is -0.373 e. The summed E-state index contributed by atoms with van der Waals surface area (Å²) in [6.07, 6.45) is 4.00. The standard InChI is InChI=1S/C22H25F3O/c1-3-5-14-6-11-20(26-13-14)18-10-9-17(21(24)22(18)25)16-8-7-15(4-2)19(23)12-16/h7-10,12,14,20H,3-6,11,13H2,1-2H3. The molecule has 0 saturated carbocycles. The molecule has 0 aliphatic carbocycles. The van der Waals surface area contributed by atoms with Crippen molar-refractivity contribution in [3.63, 3.8) is 0 Å². The van der Waals surface area contributed by atoms with E-state index in [0.717, 1.165) is 19.3 Å². The average molecular weight is 362 g/mol. The Kier molecular flexibility index (Phi) is 6.02. The molecule has 140 valence electrons. The second-order valence-electron chi connectivity index (χ2n) is 7.04. The van der Waals surface area contributed by atoms with E-state index in [0.29, 0.717) is 36.5 Å². The van der Waals surface area contributed by atoms with Gasteiger partial charge in [-0.05, 0) is 48.8 Å². The average Bonchev–Trinajstić information content (AvgIpc) is 2.65. The zero-order chi connectivity index (χ0) is 18.7. The van der Waals surface area contributed by atoms with E-state index in [2.05, 4.69) is 6.92 Å². The van der Waals surface area contributed by atoms with Gasteiger partial charge in [0.2, 0.25) is 0 Å². The van der Waals surface area contributed by atoms with Gasteiger partial charge in [0.15, 0.2) is 11.6 Å². The molecule has 2 aromatic rings. The first-order valence-corrected chi connectivity index (χ1v) is 9.43. The summed E-state index contributed by atoms with van der Waals surface area (Å²) in [5.74, 6) is -1.72. The van der Waals surface area contributed by atoms with Crippen molar-refractivity contribution in [3.05, 3.63) is 58.9 Å². The lowest BCUT2D eigenvalue weighted by Crippen LogP contribution is -2.21. The summed E-state index contributed by atoms with van der Waals surface area (Å²) in [7, 11) is 0. The minimum absolute atomic E-state index is 0.0764. The molecule has 3 rings (SSSR count). The molecule has 0 radical (unpaired) electrons. The van der Waals surface area contributed by atoms with Crippen LogP contribution in [0.5, 0.6) is 0 Å². The maximum atomic E-state index is 14.7. The Balaban J connectivity index is 1.84. The zero-order valence-electron chi connectivity index (χ0n) is 15.3. The van der Waals surface area contributed by atoms with Gasteiger partial charge in [-0.15, -0.1) is 0 Å². The normalized spacial score (nSPS) is 20.3. The van der Waals surface area contributed by atoms with E-state index in [9.17, 15) is 13.2 Å². The summed E-state index contributed by atoms with van der Waals surface area (Å²) in [5, 5.41) is 0. The highest BCUT2D eigenvalue weighted by molar-refractivity contribution is 5.65. The topological polar surface area (TPSA) is 9.23 Å². The van der Waals surface area contributed by atoms with Crippen LogP contribution in [-0.4, -0.2) is 6.61 Å². The Morgan fingerprint density at radius 2 is 1.81 bits per heavy atom. The van der Waals surface area contributed by atoms with Gasteiger partial charge in [-0.25, -0.2) is 13.2 Å². The third-order valence-electron chi connectivity index (χ3n) is 5.27. The summed E-state index contributed by atoms with van der Waals surface area (Å²) in [5.41, 5.74) is 1.23. The lowest BCUT2D eigenvalue weighted by atomic mass is 9.90. The fraction of sp³-hybridized carbons (Fsp3) is 0.455. The summed E-state index contributed by atoms with van der Waals surface area (Å²) in [6, 6.07) is 7.61. The Morgan fingerprint density at radius 3 is 2.42 bits per heavy atom. The molecule has 2 atom stereocenters. The van der Waals surface area contributed by atoms with Gasteiger partial charge in [-0.2, -0.15) is 0 Å². The first-order valence-electron chi connectivity index (χ1n) is 9.43. The zero-order valence-corrected chi connectivity index (χ0v) is 15.3. The van der Waals surface area contributed by atoms with Crippen LogP contribution < -0.4 is 0 Å². The van der Waals surface area contributed by atoms with E-state index in [4.69, 9.17) is 4.74 Å². The molecule has 26 heavy (non-hydrogen) atoms. The highest BCUT2D eigenvalue weighted by Gasteiger charge is 2.27. The van der Waals surface area contributed by atoms with Crippen molar-refractivity contribution < 1.29 is 17.9 Å². The number of halogens is 3. The maximum Gasteiger partial charge on any atom is 0.167 e. The van der Waals surface area contributed by atoms with Crippen molar-refractivity contribution in [3.8, 4) is 11.1 Å². The summed E-state index contributed by atoms with van der Waals surface area (Å²) < 4.78 is 49.1. The monoisotopic (exact) mass is 362 g/mol. The summed E-state index contributed by atoms with van der Waals surface area (Å²) in [6.45, 7) is 4.57. The predicted octanol–water partition coefficient (Wildman–Crippen LogP) is 6.60. The molecule has 2 unspecified atom stereocenters. The van der Waals surface area contributed by atoms with E-state index in [1.54, 1.807) is 18.2 Å². The van der Waals surface area contributed by atoms with Crippen LogP contribution in [0.1, 0.15) is 56.8 Å². The molecule has 0 spiro atoms. The van der Waals surface area contributed by atoms with Crippen LogP contribution in [0.25, 0.3) is 11.1 Å². The van der Waals surface area contributed by atoms with Crippen LogP contribution in [0.15, 0.2) is 30.3 Å². The maximum absolute atomic E-state index is 14.7. The number of aryl methyl sites for hydroxylation is 1. The van der Waals surface area contributed by atoms with Gasteiger partial charge in [0.1, 0.15) is 5.82 Å². The van der Waals surface area contributed by atoms with Crippen molar-refractivity contribution >= 4 is 0 Å².